The zero-order valence-corrected chi connectivity index (χ0v) is 17.4. The van der Waals surface area contributed by atoms with Crippen LogP contribution < -0.4 is 10.6 Å². The molecule has 2 aliphatic rings. The number of hydrogen-bond donors (Lipinski definition) is 4. The van der Waals surface area contributed by atoms with Gasteiger partial charge in [0.05, 0.1) is 11.5 Å². The zero-order valence-electron chi connectivity index (χ0n) is 17.4. The molecule has 3 aromatic rings. The number of nitriles is 1. The Kier molecular flexibility index (Phi) is 4.79. The fraction of sp³-hybridized carbons (Fsp3) is 0.524. The summed E-state index contributed by atoms with van der Waals surface area (Å²) < 4.78 is 0. The van der Waals surface area contributed by atoms with Gasteiger partial charge in [-0.3, -0.25) is 10.00 Å². The summed E-state index contributed by atoms with van der Waals surface area (Å²) in [6.45, 7) is 4.88. The number of anilines is 3. The van der Waals surface area contributed by atoms with Crippen LogP contribution >= 0.6 is 0 Å². The van der Waals surface area contributed by atoms with Gasteiger partial charge >= 0.3 is 0 Å². The van der Waals surface area contributed by atoms with Gasteiger partial charge in [-0.1, -0.05) is 0 Å². The highest BCUT2D eigenvalue weighted by Gasteiger charge is 2.40. The molecular formula is C21H27N9. The van der Waals surface area contributed by atoms with Gasteiger partial charge in [-0.25, -0.2) is 0 Å². The molecule has 2 fully saturated rings. The minimum absolute atomic E-state index is 0.342. The quantitative estimate of drug-likeness (QED) is 0.496. The highest BCUT2D eigenvalue weighted by atomic mass is 15.3. The molecule has 2 aliphatic heterocycles. The molecule has 0 aliphatic carbocycles. The molecule has 0 spiro atoms. The van der Waals surface area contributed by atoms with E-state index in [0.717, 1.165) is 53.4 Å². The molecule has 0 aromatic carbocycles. The highest BCUT2D eigenvalue weighted by Crippen LogP contribution is 2.37. The number of aryl methyl sites for hydroxylation is 2. The van der Waals surface area contributed by atoms with Crippen molar-refractivity contribution in [2.75, 3.05) is 17.2 Å². The van der Waals surface area contributed by atoms with Crippen LogP contribution in [0.2, 0.25) is 0 Å². The Balaban J connectivity index is 1.37. The van der Waals surface area contributed by atoms with Crippen LogP contribution in [0.5, 0.6) is 0 Å². The van der Waals surface area contributed by atoms with Gasteiger partial charge in [-0.2, -0.15) is 20.3 Å². The SMILES string of the molecule is Cc1cc(Nc2nc(NC3C[C@H]4CC[C@@H](C3)N4CCC#N)nc3[nH]c(C)cc23)n[nH]1. The minimum Gasteiger partial charge on any atom is -0.351 e. The lowest BCUT2D eigenvalue weighted by atomic mass is 9.97. The minimum atomic E-state index is 0.342. The number of aromatic amines is 2. The topological polar surface area (TPSA) is 121 Å². The first-order valence-corrected chi connectivity index (χ1v) is 10.6. The number of nitrogens with zero attached hydrogens (tertiary/aromatic N) is 5. The van der Waals surface area contributed by atoms with E-state index < -0.39 is 0 Å². The Labute approximate surface area is 175 Å². The lowest BCUT2D eigenvalue weighted by Crippen LogP contribution is -2.47. The number of nitrogens with one attached hydrogen (secondary N) is 4. The lowest BCUT2D eigenvalue weighted by Gasteiger charge is -2.38. The van der Waals surface area contributed by atoms with Gasteiger partial charge in [-0.15, -0.1) is 0 Å². The number of piperidine rings is 1. The second-order valence-corrected chi connectivity index (χ2v) is 8.52. The van der Waals surface area contributed by atoms with Gasteiger partial charge in [0.25, 0.3) is 0 Å². The van der Waals surface area contributed by atoms with Crippen molar-refractivity contribution in [3.63, 3.8) is 0 Å². The van der Waals surface area contributed by atoms with E-state index in [2.05, 4.69) is 42.9 Å². The van der Waals surface area contributed by atoms with Crippen molar-refractivity contribution in [1.29, 1.82) is 5.26 Å². The van der Waals surface area contributed by atoms with Gasteiger partial charge in [0.2, 0.25) is 5.95 Å². The molecule has 9 heteroatoms. The Morgan fingerprint density at radius 3 is 2.67 bits per heavy atom. The first-order valence-electron chi connectivity index (χ1n) is 10.6. The number of hydrogen-bond acceptors (Lipinski definition) is 7. The molecule has 4 N–H and O–H groups in total. The second kappa shape index (κ2) is 7.61. The van der Waals surface area contributed by atoms with Crippen LogP contribution in [0.25, 0.3) is 11.0 Å². The normalized spacial score (nSPS) is 23.6. The third kappa shape index (κ3) is 3.59. The van der Waals surface area contributed by atoms with E-state index in [1.54, 1.807) is 0 Å². The summed E-state index contributed by atoms with van der Waals surface area (Å²) in [6.07, 6.45) is 5.17. The number of H-pyrrole nitrogens is 2. The summed E-state index contributed by atoms with van der Waals surface area (Å²) in [7, 11) is 0. The zero-order chi connectivity index (χ0) is 20.7. The second-order valence-electron chi connectivity index (χ2n) is 8.52. The van der Waals surface area contributed by atoms with E-state index in [1.807, 2.05) is 19.9 Å². The number of fused-ring (bicyclic) bond motifs is 3. The van der Waals surface area contributed by atoms with Crippen molar-refractivity contribution in [3.05, 3.63) is 23.5 Å². The first kappa shape index (κ1) is 18.9. The van der Waals surface area contributed by atoms with Crippen LogP contribution in [0.15, 0.2) is 12.1 Å². The maximum absolute atomic E-state index is 8.94. The lowest BCUT2D eigenvalue weighted by molar-refractivity contribution is 0.135. The Hall–Kier alpha value is -3.12. The molecule has 0 saturated carbocycles. The standard InChI is InChI=1S/C21H27N9/c1-12-8-17-19(23-12)26-21(27-20(17)25-18-9-13(2)28-29-18)24-14-10-15-4-5-16(11-14)30(15)7-3-6-22/h8-9,14-16H,3-5,7,10-11H2,1-2H3,(H4,23,24,25,26,27,28,29)/t14?,15-,16+. The molecule has 30 heavy (non-hydrogen) atoms. The van der Waals surface area contributed by atoms with Crippen LogP contribution in [0.1, 0.15) is 43.5 Å². The fourth-order valence-corrected chi connectivity index (χ4v) is 5.02. The van der Waals surface area contributed by atoms with Crippen molar-refractivity contribution >= 4 is 28.6 Å². The molecular weight excluding hydrogens is 378 g/mol. The number of rotatable bonds is 6. The van der Waals surface area contributed by atoms with E-state index in [0.29, 0.717) is 30.5 Å². The van der Waals surface area contributed by atoms with Crippen LogP contribution in [0.3, 0.4) is 0 Å². The molecule has 3 atom stereocenters. The molecule has 2 bridgehead atoms. The first-order chi connectivity index (χ1) is 14.6. The molecule has 5 heterocycles. The maximum Gasteiger partial charge on any atom is 0.226 e. The van der Waals surface area contributed by atoms with E-state index in [4.69, 9.17) is 15.2 Å². The molecule has 2 saturated heterocycles. The van der Waals surface area contributed by atoms with E-state index in [9.17, 15) is 0 Å². The monoisotopic (exact) mass is 405 g/mol. The van der Waals surface area contributed by atoms with Gasteiger partial charge < -0.3 is 15.6 Å². The molecule has 5 rings (SSSR count). The average molecular weight is 406 g/mol. The van der Waals surface area contributed by atoms with Gasteiger partial charge in [-0.05, 0) is 45.6 Å². The molecule has 3 aromatic heterocycles. The van der Waals surface area contributed by atoms with Crippen LogP contribution in [-0.2, 0) is 0 Å². The van der Waals surface area contributed by atoms with Crippen LogP contribution in [-0.4, -0.2) is 54.7 Å². The summed E-state index contributed by atoms with van der Waals surface area (Å²) in [5.41, 5.74) is 2.85. The fourth-order valence-electron chi connectivity index (χ4n) is 5.02. The van der Waals surface area contributed by atoms with Gasteiger partial charge in [0, 0.05) is 48.5 Å². The Bertz CT molecular complexity index is 1080. The summed E-state index contributed by atoms with van der Waals surface area (Å²) in [5.74, 6) is 2.11. The highest BCUT2D eigenvalue weighted by molar-refractivity contribution is 5.90. The largest absolute Gasteiger partial charge is 0.351 e. The van der Waals surface area contributed by atoms with Crippen molar-refractivity contribution in [3.8, 4) is 6.07 Å². The third-order valence-corrected chi connectivity index (χ3v) is 6.27. The maximum atomic E-state index is 8.94. The van der Waals surface area contributed by atoms with Gasteiger partial charge in [0.1, 0.15) is 11.5 Å². The summed E-state index contributed by atoms with van der Waals surface area (Å²) in [4.78, 5) is 15.4. The van der Waals surface area contributed by atoms with Gasteiger partial charge in [0.15, 0.2) is 5.82 Å². The third-order valence-electron chi connectivity index (χ3n) is 6.27. The Morgan fingerprint density at radius 1 is 1.17 bits per heavy atom. The molecule has 0 radical (unpaired) electrons. The summed E-state index contributed by atoms with van der Waals surface area (Å²) >= 11 is 0. The average Bonchev–Trinajstić information content (AvgIpc) is 3.35. The van der Waals surface area contributed by atoms with Crippen molar-refractivity contribution < 1.29 is 0 Å². The van der Waals surface area contributed by atoms with Crippen LogP contribution in [0, 0.1) is 25.2 Å². The predicted molar refractivity (Wildman–Crippen MR) is 116 cm³/mol. The predicted octanol–water partition coefficient (Wildman–Crippen LogP) is 3.36. The molecule has 1 unspecified atom stereocenters. The molecule has 9 nitrogen and oxygen atoms in total. The van der Waals surface area contributed by atoms with Crippen molar-refractivity contribution in [2.24, 2.45) is 0 Å². The summed E-state index contributed by atoms with van der Waals surface area (Å²) in [6, 6.07) is 7.74. The van der Waals surface area contributed by atoms with E-state index >= 15 is 0 Å². The molecule has 156 valence electrons. The smallest absolute Gasteiger partial charge is 0.226 e. The Morgan fingerprint density at radius 2 is 1.97 bits per heavy atom. The van der Waals surface area contributed by atoms with Crippen LogP contribution in [0.4, 0.5) is 17.6 Å². The molecule has 0 amide bonds. The van der Waals surface area contributed by atoms with E-state index in [-0.39, 0.29) is 0 Å². The summed E-state index contributed by atoms with van der Waals surface area (Å²) in [5, 5.41) is 24.0. The number of aromatic nitrogens is 5. The van der Waals surface area contributed by atoms with Crippen molar-refractivity contribution in [1.82, 2.24) is 30.0 Å². The van der Waals surface area contributed by atoms with E-state index in [1.165, 1.54) is 12.8 Å². The van der Waals surface area contributed by atoms with Crippen molar-refractivity contribution in [2.45, 2.75) is 64.1 Å².